The van der Waals surface area contributed by atoms with Crippen LogP contribution in [0.15, 0.2) is 46.2 Å². The summed E-state index contributed by atoms with van der Waals surface area (Å²) in [6, 6.07) is 1.35. The number of rotatable bonds is 9. The lowest BCUT2D eigenvalue weighted by Crippen LogP contribution is -2.43. The van der Waals surface area contributed by atoms with Gasteiger partial charge in [-0.1, -0.05) is 76.1 Å². The van der Waals surface area contributed by atoms with Crippen molar-refractivity contribution in [3.8, 4) is 0 Å². The number of likely N-dealkylation sites (tertiary alicyclic amines) is 1. The fourth-order valence-electron chi connectivity index (χ4n) is 12.5. The molecule has 5 fully saturated rings. The number of fused-ring (bicyclic) bond motifs is 4. The number of allylic oxidation sites excluding steroid dienone is 8. The van der Waals surface area contributed by atoms with Crippen molar-refractivity contribution in [2.24, 2.45) is 22.7 Å². The first kappa shape index (κ1) is 35.1. The summed E-state index contributed by atoms with van der Waals surface area (Å²) in [5.74, 6) is 1.45. The summed E-state index contributed by atoms with van der Waals surface area (Å²) < 4.78 is 14.9. The molecule has 7 aliphatic rings. The molecule has 4 saturated carbocycles. The average molecular weight is 678 g/mol. The van der Waals surface area contributed by atoms with Crippen molar-refractivity contribution in [3.63, 3.8) is 0 Å². The van der Waals surface area contributed by atoms with Gasteiger partial charge in [-0.05, 0) is 100 Å². The van der Waals surface area contributed by atoms with Gasteiger partial charge in [0, 0.05) is 67.8 Å². The maximum absolute atomic E-state index is 7.35. The summed E-state index contributed by atoms with van der Waals surface area (Å²) in [6.45, 7) is 7.07. The molecule has 1 saturated heterocycles. The lowest BCUT2D eigenvalue weighted by atomic mass is 9.60. The van der Waals surface area contributed by atoms with Crippen molar-refractivity contribution in [1.29, 1.82) is 0 Å². The van der Waals surface area contributed by atoms with E-state index >= 15 is 0 Å². The molecule has 0 N–H and O–H groups in total. The quantitative estimate of drug-likeness (QED) is 0.227. The Morgan fingerprint density at radius 2 is 1.44 bits per heavy atom. The number of nitrogens with zero attached hydrogens (tertiary/aromatic N) is 2. The summed E-state index contributed by atoms with van der Waals surface area (Å²) in [4.78, 5) is 2.86. The van der Waals surface area contributed by atoms with E-state index in [-0.39, 0.29) is 0 Å². The molecule has 2 spiro atoms. The van der Waals surface area contributed by atoms with Crippen LogP contribution in [0.2, 0.25) is 0 Å². The minimum Gasteiger partial charge on any atom is -0.381 e. The normalized spacial score (nSPS) is 36.4. The number of methoxy groups -OCH3 is 2. The molecule has 0 amide bonds. The molecule has 6 atom stereocenters. The van der Waals surface area contributed by atoms with E-state index in [0.717, 1.165) is 29.7 Å². The highest BCUT2D eigenvalue weighted by atomic mass is 35.5. The molecular weight excluding hydrogens is 612 g/mol. The highest BCUT2D eigenvalue weighted by molar-refractivity contribution is 6.33. The second-order valence-electron chi connectivity index (χ2n) is 16.8. The highest BCUT2D eigenvalue weighted by Gasteiger charge is 2.60. The number of hydrogen-bond donors (Lipinski definition) is 0. The van der Waals surface area contributed by atoms with Gasteiger partial charge in [-0.15, -0.1) is 0 Å². The molecule has 0 aromatic rings. The van der Waals surface area contributed by atoms with Crippen LogP contribution in [0.1, 0.15) is 142 Å². The maximum Gasteiger partial charge on any atom is 0.183 e. The molecule has 48 heavy (non-hydrogen) atoms. The van der Waals surface area contributed by atoms with Gasteiger partial charge in [0.25, 0.3) is 0 Å². The Labute approximate surface area is 298 Å². The van der Waals surface area contributed by atoms with Crippen LogP contribution >= 0.6 is 11.6 Å². The molecule has 266 valence electrons. The maximum atomic E-state index is 7.35. The number of halogens is 1. The van der Waals surface area contributed by atoms with Gasteiger partial charge in [0.2, 0.25) is 0 Å². The Morgan fingerprint density at radius 3 is 2.10 bits per heavy atom. The van der Waals surface area contributed by atoms with Crippen LogP contribution < -0.4 is 0 Å². The molecule has 6 unspecified atom stereocenters. The molecule has 0 radical (unpaired) electrons. The van der Waals surface area contributed by atoms with Crippen LogP contribution in [0.5, 0.6) is 0 Å². The van der Waals surface area contributed by atoms with Gasteiger partial charge in [0.05, 0.1) is 17.6 Å². The smallest absolute Gasteiger partial charge is 0.183 e. The van der Waals surface area contributed by atoms with Crippen molar-refractivity contribution < 1.29 is 14.0 Å². The number of ether oxygens (including phenoxy) is 2. The predicted molar refractivity (Wildman–Crippen MR) is 200 cm³/mol. The third kappa shape index (κ3) is 6.14. The van der Waals surface area contributed by atoms with Crippen LogP contribution in [0.3, 0.4) is 0 Å². The standard InChI is InChI=1S/C43H66ClN2O2/c1-5-27-45-37-19-17-33(47-3)29-35(37)42(23-9-7-10-24-42)39(45)21-15-31-13-14-32(41(31)44)16-22-40-43(25-11-8-12-26-43)36-30-34(48-4)18-20-38(36)46(40)28-6-2/h15-16,21-22,33-38H,5-14,17-20,23-30H2,1-4H3/q+1. The summed E-state index contributed by atoms with van der Waals surface area (Å²) >= 11 is 7.35. The van der Waals surface area contributed by atoms with E-state index < -0.39 is 0 Å². The summed E-state index contributed by atoms with van der Waals surface area (Å²) in [5.41, 5.74) is 6.62. The van der Waals surface area contributed by atoms with Crippen molar-refractivity contribution in [1.82, 2.24) is 4.90 Å². The molecule has 5 heteroatoms. The van der Waals surface area contributed by atoms with Crippen LogP contribution in [-0.4, -0.2) is 66.8 Å². The van der Waals surface area contributed by atoms with Gasteiger partial charge >= 0.3 is 0 Å². The summed E-state index contributed by atoms with van der Waals surface area (Å²) in [6.07, 6.45) is 36.5. The van der Waals surface area contributed by atoms with E-state index in [1.165, 1.54) is 140 Å². The van der Waals surface area contributed by atoms with Crippen LogP contribution in [0.4, 0.5) is 0 Å². The van der Waals surface area contributed by atoms with E-state index in [2.05, 4.69) is 47.6 Å². The van der Waals surface area contributed by atoms with Gasteiger partial charge in [-0.3, -0.25) is 0 Å². The van der Waals surface area contributed by atoms with Crippen molar-refractivity contribution in [2.45, 2.75) is 167 Å². The predicted octanol–water partition coefficient (Wildman–Crippen LogP) is 10.5. The second kappa shape index (κ2) is 15.1. The van der Waals surface area contributed by atoms with E-state index in [1.807, 2.05) is 14.2 Å². The first-order valence-corrected chi connectivity index (χ1v) is 20.8. The molecular formula is C43H66ClN2O2+. The molecule has 2 heterocycles. The lowest BCUT2D eigenvalue weighted by Gasteiger charge is -2.43. The largest absolute Gasteiger partial charge is 0.381 e. The Morgan fingerprint density at radius 1 is 0.771 bits per heavy atom. The minimum atomic E-state index is 0.318. The van der Waals surface area contributed by atoms with Crippen LogP contribution in [-0.2, 0) is 9.47 Å². The summed E-state index contributed by atoms with van der Waals surface area (Å²) in [5, 5.41) is 1.02. The molecule has 0 aromatic heterocycles. The Bertz CT molecular complexity index is 1310. The first-order valence-electron chi connectivity index (χ1n) is 20.4. The lowest BCUT2D eigenvalue weighted by molar-refractivity contribution is -0.567. The molecule has 0 bridgehead atoms. The number of hydrogen-bond acceptors (Lipinski definition) is 3. The fraction of sp³-hybridized carbons (Fsp3) is 0.791. The van der Waals surface area contributed by atoms with Crippen molar-refractivity contribution in [2.75, 3.05) is 27.3 Å². The van der Waals surface area contributed by atoms with Gasteiger partial charge in [0.1, 0.15) is 6.54 Å². The second-order valence-corrected chi connectivity index (χ2v) is 17.2. The van der Waals surface area contributed by atoms with Crippen molar-refractivity contribution in [3.05, 3.63) is 46.2 Å². The van der Waals surface area contributed by atoms with Crippen LogP contribution in [0, 0.1) is 22.7 Å². The van der Waals surface area contributed by atoms with Gasteiger partial charge in [0.15, 0.2) is 11.8 Å². The third-order valence-electron chi connectivity index (χ3n) is 14.6. The average Bonchev–Trinajstić information content (AvgIpc) is 3.68. The third-order valence-corrected chi connectivity index (χ3v) is 15.1. The van der Waals surface area contributed by atoms with Gasteiger partial charge in [-0.25, -0.2) is 4.58 Å². The minimum absolute atomic E-state index is 0.318. The molecule has 0 aromatic carbocycles. The molecule has 5 aliphatic carbocycles. The van der Waals surface area contributed by atoms with E-state index in [1.54, 1.807) is 11.4 Å². The zero-order chi connectivity index (χ0) is 33.3. The molecule has 2 aliphatic heterocycles. The van der Waals surface area contributed by atoms with Crippen LogP contribution in [0.25, 0.3) is 0 Å². The first-order chi connectivity index (χ1) is 23.5. The molecule has 7 rings (SSSR count). The fourth-order valence-corrected chi connectivity index (χ4v) is 12.8. The summed E-state index contributed by atoms with van der Waals surface area (Å²) in [7, 11) is 3.87. The topological polar surface area (TPSA) is 24.7 Å². The highest BCUT2D eigenvalue weighted by Crippen LogP contribution is 2.60. The van der Waals surface area contributed by atoms with E-state index in [4.69, 9.17) is 21.1 Å². The van der Waals surface area contributed by atoms with E-state index in [0.29, 0.717) is 35.1 Å². The molecule has 4 nitrogen and oxygen atoms in total. The zero-order valence-corrected chi connectivity index (χ0v) is 31.7. The Balaban J connectivity index is 1.20. The van der Waals surface area contributed by atoms with Gasteiger partial charge < -0.3 is 14.4 Å². The van der Waals surface area contributed by atoms with E-state index in [9.17, 15) is 0 Å². The zero-order valence-electron chi connectivity index (χ0n) is 30.9. The van der Waals surface area contributed by atoms with Crippen molar-refractivity contribution >= 4 is 17.3 Å². The Hall–Kier alpha value is -1.36. The van der Waals surface area contributed by atoms with Gasteiger partial charge in [-0.2, -0.15) is 0 Å². The monoisotopic (exact) mass is 677 g/mol. The Kier molecular flexibility index (Phi) is 11.0. The SMILES string of the molecule is CCCN1/C(=C/C=C2\CCC(/C=C/C3=[N+](CCC)C4CCC(OC)CC4C34CCCCC4)=C2Cl)C2(CCCCC2)C2CC(OC)CCC21.